The number of fused-ring (bicyclic) bond motifs is 1. The molecule has 0 fully saturated rings. The Labute approximate surface area is 129 Å². The number of nitrogens with two attached hydrogens (primary N) is 1. The Morgan fingerprint density at radius 2 is 2.14 bits per heavy atom. The SMILES string of the molecule is Cc1ccc2c(N)c(C(=O)N(C)CCOC(C)C)sc2c1. The third-order valence-electron chi connectivity index (χ3n) is 3.30. The molecule has 1 heterocycles. The fourth-order valence-corrected chi connectivity index (χ4v) is 3.30. The normalized spacial score (nSPS) is 11.3. The number of hydrogen-bond acceptors (Lipinski definition) is 4. The van der Waals surface area contributed by atoms with Crippen LogP contribution >= 0.6 is 11.3 Å². The molecule has 4 nitrogen and oxygen atoms in total. The van der Waals surface area contributed by atoms with Crippen LogP contribution in [-0.4, -0.2) is 37.1 Å². The van der Waals surface area contributed by atoms with Crippen LogP contribution in [0.25, 0.3) is 10.1 Å². The van der Waals surface area contributed by atoms with Crippen molar-refractivity contribution in [1.82, 2.24) is 4.90 Å². The Bertz CT molecular complexity index is 649. The summed E-state index contributed by atoms with van der Waals surface area (Å²) in [7, 11) is 1.78. The van der Waals surface area contributed by atoms with Crippen molar-refractivity contribution in [3.63, 3.8) is 0 Å². The van der Waals surface area contributed by atoms with Crippen LogP contribution in [0.3, 0.4) is 0 Å². The molecule has 114 valence electrons. The van der Waals surface area contributed by atoms with E-state index >= 15 is 0 Å². The van der Waals surface area contributed by atoms with E-state index in [9.17, 15) is 4.79 Å². The standard InChI is InChI=1S/C16H22N2O2S/c1-10(2)20-8-7-18(4)16(19)15-14(17)12-6-5-11(3)9-13(12)21-15/h5-6,9-10H,7-8,17H2,1-4H3. The lowest BCUT2D eigenvalue weighted by Crippen LogP contribution is -2.30. The molecule has 0 saturated carbocycles. The molecule has 1 aromatic heterocycles. The topological polar surface area (TPSA) is 55.6 Å². The van der Waals surface area contributed by atoms with Crippen molar-refractivity contribution in [2.75, 3.05) is 25.9 Å². The number of benzene rings is 1. The van der Waals surface area contributed by atoms with Crippen molar-refractivity contribution >= 4 is 33.0 Å². The minimum absolute atomic E-state index is 0.0429. The number of thiophene rings is 1. The van der Waals surface area contributed by atoms with E-state index in [4.69, 9.17) is 10.5 Å². The van der Waals surface area contributed by atoms with Gasteiger partial charge in [0.2, 0.25) is 0 Å². The van der Waals surface area contributed by atoms with E-state index in [0.717, 1.165) is 10.1 Å². The average Bonchev–Trinajstić information content (AvgIpc) is 2.74. The number of carbonyl (C=O) groups is 1. The minimum atomic E-state index is -0.0429. The number of rotatable bonds is 5. The van der Waals surface area contributed by atoms with E-state index in [-0.39, 0.29) is 12.0 Å². The van der Waals surface area contributed by atoms with Crippen LogP contribution < -0.4 is 5.73 Å². The largest absolute Gasteiger partial charge is 0.397 e. The first-order valence-electron chi connectivity index (χ1n) is 7.06. The highest BCUT2D eigenvalue weighted by atomic mass is 32.1. The molecule has 0 atom stereocenters. The Morgan fingerprint density at radius 1 is 1.43 bits per heavy atom. The summed E-state index contributed by atoms with van der Waals surface area (Å²) in [5, 5.41) is 0.959. The van der Waals surface area contributed by atoms with E-state index < -0.39 is 0 Å². The number of amides is 1. The maximum absolute atomic E-state index is 12.5. The van der Waals surface area contributed by atoms with Crippen LogP contribution in [0.5, 0.6) is 0 Å². The molecule has 5 heteroatoms. The molecule has 0 unspecified atom stereocenters. The molecule has 21 heavy (non-hydrogen) atoms. The van der Waals surface area contributed by atoms with E-state index in [1.165, 1.54) is 16.9 Å². The van der Waals surface area contributed by atoms with E-state index in [0.29, 0.717) is 23.7 Å². The summed E-state index contributed by atoms with van der Waals surface area (Å²) in [6, 6.07) is 6.06. The molecule has 2 N–H and O–H groups in total. The molecule has 1 aromatic carbocycles. The zero-order valence-corrected chi connectivity index (χ0v) is 13.8. The molecule has 1 amide bonds. The number of nitrogen functional groups attached to an aromatic ring is 1. The maximum atomic E-state index is 12.5. The number of aryl methyl sites for hydroxylation is 1. The van der Waals surface area contributed by atoms with Crippen molar-refractivity contribution < 1.29 is 9.53 Å². The first-order valence-corrected chi connectivity index (χ1v) is 7.87. The Kier molecular flexibility index (Phi) is 4.85. The van der Waals surface area contributed by atoms with Crippen molar-refractivity contribution in [3.8, 4) is 0 Å². The van der Waals surface area contributed by atoms with Gasteiger partial charge in [-0.2, -0.15) is 0 Å². The molecule has 2 rings (SSSR count). The fraction of sp³-hybridized carbons (Fsp3) is 0.438. The van der Waals surface area contributed by atoms with Gasteiger partial charge >= 0.3 is 0 Å². The van der Waals surface area contributed by atoms with Gasteiger partial charge in [-0.3, -0.25) is 4.79 Å². The first kappa shape index (κ1) is 15.8. The molecule has 0 radical (unpaired) electrons. The number of ether oxygens (including phenoxy) is 1. The Morgan fingerprint density at radius 3 is 2.81 bits per heavy atom. The van der Waals surface area contributed by atoms with E-state index in [1.54, 1.807) is 11.9 Å². The van der Waals surface area contributed by atoms with Gasteiger partial charge in [0.1, 0.15) is 4.88 Å². The summed E-state index contributed by atoms with van der Waals surface area (Å²) in [5.41, 5.74) is 7.88. The predicted molar refractivity (Wildman–Crippen MR) is 89.0 cm³/mol. The highest BCUT2D eigenvalue weighted by Crippen LogP contribution is 2.34. The highest BCUT2D eigenvalue weighted by Gasteiger charge is 2.19. The van der Waals surface area contributed by atoms with Gasteiger partial charge in [-0.1, -0.05) is 12.1 Å². The van der Waals surface area contributed by atoms with Crippen LogP contribution in [0, 0.1) is 6.92 Å². The number of hydrogen-bond donors (Lipinski definition) is 1. The maximum Gasteiger partial charge on any atom is 0.265 e. The van der Waals surface area contributed by atoms with Gasteiger partial charge in [-0.05, 0) is 32.4 Å². The predicted octanol–water partition coefficient (Wildman–Crippen LogP) is 3.29. The van der Waals surface area contributed by atoms with Crippen LogP contribution in [0.15, 0.2) is 18.2 Å². The monoisotopic (exact) mass is 306 g/mol. The number of carbonyl (C=O) groups excluding carboxylic acids is 1. The van der Waals surface area contributed by atoms with Crippen LogP contribution in [0.4, 0.5) is 5.69 Å². The van der Waals surface area contributed by atoms with Gasteiger partial charge in [0, 0.05) is 23.7 Å². The van der Waals surface area contributed by atoms with Crippen molar-refractivity contribution in [2.24, 2.45) is 0 Å². The van der Waals surface area contributed by atoms with Gasteiger partial charge in [0.15, 0.2) is 0 Å². The van der Waals surface area contributed by atoms with Crippen molar-refractivity contribution in [2.45, 2.75) is 26.9 Å². The summed E-state index contributed by atoms with van der Waals surface area (Å²) in [6.45, 7) is 7.09. The Hall–Kier alpha value is -1.59. The lowest BCUT2D eigenvalue weighted by molar-refractivity contribution is 0.0535. The highest BCUT2D eigenvalue weighted by molar-refractivity contribution is 7.21. The van der Waals surface area contributed by atoms with E-state index in [1.807, 2.05) is 32.9 Å². The molecule has 0 saturated heterocycles. The van der Waals surface area contributed by atoms with Gasteiger partial charge < -0.3 is 15.4 Å². The summed E-state index contributed by atoms with van der Waals surface area (Å²) in [6.07, 6.45) is 0.172. The number of nitrogens with zero attached hydrogens (tertiary/aromatic N) is 1. The van der Waals surface area contributed by atoms with Crippen molar-refractivity contribution in [1.29, 1.82) is 0 Å². The molecule has 0 aliphatic carbocycles. The fourth-order valence-electron chi connectivity index (χ4n) is 2.08. The lowest BCUT2D eigenvalue weighted by Gasteiger charge is -2.17. The molecule has 0 aliphatic heterocycles. The van der Waals surface area contributed by atoms with Crippen LogP contribution in [-0.2, 0) is 4.74 Å². The van der Waals surface area contributed by atoms with Crippen LogP contribution in [0.1, 0.15) is 29.1 Å². The van der Waals surface area contributed by atoms with Gasteiger partial charge in [0.25, 0.3) is 5.91 Å². The minimum Gasteiger partial charge on any atom is -0.397 e. The molecule has 0 bridgehead atoms. The zero-order chi connectivity index (χ0) is 15.6. The molecule has 0 spiro atoms. The zero-order valence-electron chi connectivity index (χ0n) is 13.0. The second-order valence-electron chi connectivity index (χ2n) is 5.49. The summed E-state index contributed by atoms with van der Waals surface area (Å²) in [5.74, 6) is -0.0429. The first-order chi connectivity index (χ1) is 9.90. The lowest BCUT2D eigenvalue weighted by atomic mass is 10.1. The second kappa shape index (κ2) is 6.45. The Balaban J connectivity index is 2.17. The summed E-state index contributed by atoms with van der Waals surface area (Å²) in [4.78, 5) is 14.8. The smallest absolute Gasteiger partial charge is 0.265 e. The van der Waals surface area contributed by atoms with E-state index in [2.05, 4.69) is 6.07 Å². The second-order valence-corrected chi connectivity index (χ2v) is 6.54. The quantitative estimate of drug-likeness (QED) is 0.922. The number of likely N-dealkylation sites (N-methyl/N-ethyl adjacent to an activating group) is 1. The molecule has 2 aromatic rings. The van der Waals surface area contributed by atoms with Gasteiger partial charge in [-0.15, -0.1) is 11.3 Å². The average molecular weight is 306 g/mol. The summed E-state index contributed by atoms with van der Waals surface area (Å²) >= 11 is 1.46. The summed E-state index contributed by atoms with van der Waals surface area (Å²) < 4.78 is 6.54. The third-order valence-corrected chi connectivity index (χ3v) is 4.46. The number of anilines is 1. The van der Waals surface area contributed by atoms with Crippen LogP contribution in [0.2, 0.25) is 0 Å². The van der Waals surface area contributed by atoms with Gasteiger partial charge in [0.05, 0.1) is 18.4 Å². The molecule has 0 aliphatic rings. The van der Waals surface area contributed by atoms with Crippen molar-refractivity contribution in [3.05, 3.63) is 28.6 Å². The molecular weight excluding hydrogens is 284 g/mol. The molecular formula is C16H22N2O2S. The van der Waals surface area contributed by atoms with Gasteiger partial charge in [-0.25, -0.2) is 0 Å². The third kappa shape index (κ3) is 3.54.